The number of imide groups is 1. The second-order valence-electron chi connectivity index (χ2n) is 5.32. The largest absolute Gasteiger partial charge is 0.307 e. The first-order valence-electron chi connectivity index (χ1n) is 8.79. The molecule has 0 radical (unpaired) electrons. The van der Waals surface area contributed by atoms with Gasteiger partial charge in [0.05, 0.1) is 6.04 Å². The number of piperidine rings is 1. The number of allylic oxidation sites excluding steroid dienone is 3. The second kappa shape index (κ2) is 16.1. The number of nitrogens with one attached hydrogen (secondary N) is 2. The van der Waals surface area contributed by atoms with Crippen molar-refractivity contribution in [3.63, 3.8) is 0 Å². The number of hydrogen-bond donors (Lipinski definition) is 2. The Bertz CT molecular complexity index is 428. The smallest absolute Gasteiger partial charge is 0.243 e. The molecule has 1 unspecified atom stereocenters. The molecule has 0 aromatic rings. The van der Waals surface area contributed by atoms with Gasteiger partial charge < -0.3 is 10.1 Å². The zero-order valence-electron chi connectivity index (χ0n) is 15.9. The molecule has 0 bridgehead atoms. The highest BCUT2D eigenvalue weighted by Crippen LogP contribution is 2.18. The summed E-state index contributed by atoms with van der Waals surface area (Å²) in [7, 11) is 0. The van der Waals surface area contributed by atoms with E-state index in [1.807, 2.05) is 20.6 Å². The van der Waals surface area contributed by atoms with Crippen molar-refractivity contribution in [3.8, 4) is 0 Å². The Labute approximate surface area is 147 Å². The first kappa shape index (κ1) is 24.5. The van der Waals surface area contributed by atoms with Crippen LogP contribution in [0.3, 0.4) is 0 Å². The predicted molar refractivity (Wildman–Crippen MR) is 99.7 cm³/mol. The van der Waals surface area contributed by atoms with Crippen LogP contribution in [0.1, 0.15) is 66.7 Å². The molecule has 2 rings (SSSR count). The van der Waals surface area contributed by atoms with Crippen LogP contribution in [0.5, 0.6) is 0 Å². The van der Waals surface area contributed by atoms with Crippen molar-refractivity contribution in [2.24, 2.45) is 0 Å². The fourth-order valence-corrected chi connectivity index (χ4v) is 2.20. The summed E-state index contributed by atoms with van der Waals surface area (Å²) in [6.45, 7) is 13.1. The third-order valence-corrected chi connectivity index (χ3v) is 3.34. The van der Waals surface area contributed by atoms with Gasteiger partial charge in [-0.05, 0) is 26.2 Å². The Kier molecular flexibility index (Phi) is 16.5. The number of carbonyl (C=O) groups excluding carboxylic acids is 3. The molecule has 2 amide bonds. The molecule has 1 fully saturated rings. The highest BCUT2D eigenvalue weighted by atomic mass is 16.2. The molecule has 5 heteroatoms. The molecular formula is C19H34N2O3. The Hall–Kier alpha value is -1.75. The van der Waals surface area contributed by atoms with E-state index in [0.717, 1.165) is 19.4 Å². The van der Waals surface area contributed by atoms with Crippen molar-refractivity contribution in [3.05, 3.63) is 23.3 Å². The van der Waals surface area contributed by atoms with Gasteiger partial charge in [0.25, 0.3) is 0 Å². The Morgan fingerprint density at radius 2 is 1.79 bits per heavy atom. The quantitative estimate of drug-likeness (QED) is 0.774. The molecule has 1 atom stereocenters. The van der Waals surface area contributed by atoms with E-state index in [0.29, 0.717) is 12.8 Å². The second-order valence-corrected chi connectivity index (χ2v) is 5.32. The van der Waals surface area contributed by atoms with E-state index < -0.39 is 0 Å². The van der Waals surface area contributed by atoms with Crippen molar-refractivity contribution in [2.45, 2.75) is 72.8 Å². The normalized spacial score (nSPS) is 19.0. The summed E-state index contributed by atoms with van der Waals surface area (Å²) in [5.41, 5.74) is 2.65. The molecule has 1 aliphatic carbocycles. The van der Waals surface area contributed by atoms with Crippen LogP contribution in [-0.2, 0) is 14.4 Å². The van der Waals surface area contributed by atoms with Gasteiger partial charge in [0, 0.05) is 13.0 Å². The lowest BCUT2D eigenvalue weighted by molar-refractivity contribution is -0.134. The van der Waals surface area contributed by atoms with Crippen molar-refractivity contribution >= 4 is 18.6 Å². The molecule has 138 valence electrons. The van der Waals surface area contributed by atoms with E-state index in [4.69, 9.17) is 4.79 Å². The van der Waals surface area contributed by atoms with Gasteiger partial charge in [-0.3, -0.25) is 14.9 Å². The number of hydrogen-bond acceptors (Lipinski definition) is 4. The van der Waals surface area contributed by atoms with E-state index >= 15 is 0 Å². The minimum Gasteiger partial charge on any atom is -0.307 e. The topological polar surface area (TPSA) is 75.3 Å². The zero-order valence-corrected chi connectivity index (χ0v) is 15.9. The minimum atomic E-state index is -0.223. The Morgan fingerprint density at radius 3 is 2.29 bits per heavy atom. The maximum absolute atomic E-state index is 11.5. The summed E-state index contributed by atoms with van der Waals surface area (Å²) in [6, 6.07) is -0.223. The maximum Gasteiger partial charge on any atom is 0.243 e. The van der Waals surface area contributed by atoms with Gasteiger partial charge in [-0.15, -0.1) is 0 Å². The van der Waals surface area contributed by atoms with E-state index in [9.17, 15) is 9.59 Å². The number of amides is 2. The molecule has 0 saturated carbocycles. The molecule has 5 nitrogen and oxygen atoms in total. The highest BCUT2D eigenvalue weighted by molar-refractivity contribution is 6.00. The summed E-state index contributed by atoms with van der Waals surface area (Å²) >= 11 is 0. The van der Waals surface area contributed by atoms with Gasteiger partial charge in [0.2, 0.25) is 11.8 Å². The first-order valence-corrected chi connectivity index (χ1v) is 8.79. The van der Waals surface area contributed by atoms with Gasteiger partial charge in [-0.2, -0.15) is 0 Å². The molecule has 1 saturated heterocycles. The molecule has 2 aliphatic rings. The van der Waals surface area contributed by atoms with Gasteiger partial charge in [0.15, 0.2) is 0 Å². The fraction of sp³-hybridized carbons (Fsp3) is 0.632. The van der Waals surface area contributed by atoms with Crippen LogP contribution in [0.15, 0.2) is 23.3 Å². The van der Waals surface area contributed by atoms with E-state index in [2.05, 4.69) is 43.6 Å². The first-order chi connectivity index (χ1) is 11.6. The maximum atomic E-state index is 11.5. The van der Waals surface area contributed by atoms with Crippen molar-refractivity contribution in [1.29, 1.82) is 0 Å². The van der Waals surface area contributed by atoms with Gasteiger partial charge in [-0.25, -0.2) is 0 Å². The lowest BCUT2D eigenvalue weighted by Gasteiger charge is -2.23. The van der Waals surface area contributed by atoms with Crippen LogP contribution in [0.2, 0.25) is 0 Å². The molecule has 0 aromatic carbocycles. The van der Waals surface area contributed by atoms with Gasteiger partial charge in [-0.1, -0.05) is 57.4 Å². The average Bonchev–Trinajstić information content (AvgIpc) is 2.60. The molecule has 1 aliphatic heterocycles. The third-order valence-electron chi connectivity index (χ3n) is 3.34. The Morgan fingerprint density at radius 1 is 1.21 bits per heavy atom. The van der Waals surface area contributed by atoms with Crippen LogP contribution < -0.4 is 10.6 Å². The molecule has 2 N–H and O–H groups in total. The van der Waals surface area contributed by atoms with Crippen molar-refractivity contribution in [1.82, 2.24) is 10.6 Å². The monoisotopic (exact) mass is 338 g/mol. The molecule has 24 heavy (non-hydrogen) atoms. The standard InChI is InChI=1S/C13H18N2O2.C3H8.C2H6.CH2O/c1-9-4-2-3-5-10(9)8-14-11-6-7-12(16)15-13(11)17;1-3-2;2*1-2/h2,4,11,14H,3,5-8H2,1H3,(H,15,16,17);3H2,1-2H3;1-2H3;1H2. The van der Waals surface area contributed by atoms with Crippen molar-refractivity contribution < 1.29 is 14.4 Å². The molecule has 0 spiro atoms. The SMILES string of the molecule is C=O.CC.CC1=C(CNC2CCC(=O)NC2=O)CCC=C1.CCC. The molecule has 0 aromatic heterocycles. The zero-order chi connectivity index (χ0) is 19.0. The summed E-state index contributed by atoms with van der Waals surface area (Å²) in [5, 5.41) is 5.59. The van der Waals surface area contributed by atoms with Crippen LogP contribution >= 0.6 is 0 Å². The summed E-state index contributed by atoms with van der Waals surface area (Å²) in [4.78, 5) is 30.5. The lowest BCUT2D eigenvalue weighted by atomic mass is 9.98. The molecular weight excluding hydrogens is 304 g/mol. The summed E-state index contributed by atoms with van der Waals surface area (Å²) < 4.78 is 0. The highest BCUT2D eigenvalue weighted by Gasteiger charge is 2.26. The van der Waals surface area contributed by atoms with Crippen molar-refractivity contribution in [2.75, 3.05) is 6.54 Å². The van der Waals surface area contributed by atoms with Gasteiger partial charge >= 0.3 is 0 Å². The van der Waals surface area contributed by atoms with E-state index in [1.165, 1.54) is 17.6 Å². The predicted octanol–water partition coefficient (Wildman–Crippen LogP) is 3.31. The van der Waals surface area contributed by atoms with Crippen LogP contribution in [0, 0.1) is 0 Å². The van der Waals surface area contributed by atoms with E-state index in [1.54, 1.807) is 0 Å². The van der Waals surface area contributed by atoms with E-state index in [-0.39, 0.29) is 17.9 Å². The lowest BCUT2D eigenvalue weighted by Crippen LogP contribution is -2.51. The molecule has 1 heterocycles. The number of carbonyl (C=O) groups is 3. The van der Waals surface area contributed by atoms with Crippen LogP contribution in [0.4, 0.5) is 0 Å². The fourth-order valence-electron chi connectivity index (χ4n) is 2.20. The summed E-state index contributed by atoms with van der Waals surface area (Å²) in [6.07, 6.45) is 8.72. The average molecular weight is 338 g/mol. The third kappa shape index (κ3) is 10.1. The van der Waals surface area contributed by atoms with Gasteiger partial charge in [0.1, 0.15) is 6.79 Å². The minimum absolute atomic E-state index is 0.163. The van der Waals surface area contributed by atoms with Crippen LogP contribution in [-0.4, -0.2) is 31.2 Å². The summed E-state index contributed by atoms with van der Waals surface area (Å²) in [5.74, 6) is -0.352. The Balaban J connectivity index is 0. The number of rotatable bonds is 3. The van der Waals surface area contributed by atoms with Crippen LogP contribution in [0.25, 0.3) is 0 Å².